The van der Waals surface area contributed by atoms with E-state index in [4.69, 9.17) is 26.8 Å². The number of phenols is 5. The van der Waals surface area contributed by atoms with Crippen molar-refractivity contribution in [1.82, 2.24) is 36.9 Å². The normalized spacial score (nSPS) is 20.0. The number of H-pyrrole nitrogens is 1. The van der Waals surface area contributed by atoms with Gasteiger partial charge in [-0.1, -0.05) is 60.1 Å². The third-order valence-electron chi connectivity index (χ3n) is 14.8. The Morgan fingerprint density at radius 1 is 0.600 bits per heavy atom. The zero-order valence-electron chi connectivity index (χ0n) is 44.3. The predicted octanol–water partition coefficient (Wildman–Crippen LogP) is 5.38. The highest BCUT2D eigenvalue weighted by Crippen LogP contribution is 2.44. The number of aromatic nitrogens is 1. The Kier molecular flexibility index (Phi) is 15.1. The van der Waals surface area contributed by atoms with Crippen LogP contribution in [0.5, 0.6) is 51.7 Å². The maximum Gasteiger partial charge on any atom is 0.330 e. The first-order valence-electron chi connectivity index (χ1n) is 26.4. The van der Waals surface area contributed by atoms with Crippen LogP contribution in [0.4, 0.5) is 0 Å². The van der Waals surface area contributed by atoms with E-state index in [-0.39, 0.29) is 80.8 Å². The number of fused-ring (bicyclic) bond motifs is 14. The third-order valence-corrected chi connectivity index (χ3v) is 15.1. The molecule has 7 atom stereocenters. The summed E-state index contributed by atoms with van der Waals surface area (Å²) in [5.74, 6) is -10.1. The molecule has 6 aliphatic rings. The van der Waals surface area contributed by atoms with Crippen LogP contribution in [0.25, 0.3) is 22.0 Å². The van der Waals surface area contributed by atoms with Crippen molar-refractivity contribution in [1.29, 1.82) is 0 Å². The highest BCUT2D eigenvalue weighted by molar-refractivity contribution is 6.32. The standard InChI is InChI=1S/C61H51ClN8O15/c62-41-20-30-7-14-47(41)85-48-23-31(6-13-46(48)74)53(61(82)83)70-56(77)44-16-28-3-10-38(11-4-28)84-49-24-33-19-40(54(49)75)29-5-12-39-34(26-64-43(39)21-29)22-45(65-55(76)42(63)15-27-1-8-35(71)9-2-27)57(78)67-51(32-17-36(72)25-37(73)18-32)59(80)69-52(33)60(81)68-50(30)58(79)66-44/h1-14,17-21,23-26,42,44-45,50-53,64,71-75H,15-16,22,63H2,(H,65,76)(H,66,79)(H,67,78)(H,68,81)(H,69,80)(H,70,77)(H,82,83)/t42-,44-,45?,50?,51-,52?,53?/m1/s1. The lowest BCUT2D eigenvalue weighted by Crippen LogP contribution is -2.55. The second kappa shape index (κ2) is 22.9. The number of hydrogen-bond acceptors (Lipinski definition) is 15. The zero-order chi connectivity index (χ0) is 60.0. The van der Waals surface area contributed by atoms with Crippen molar-refractivity contribution >= 4 is 63.9 Å². The summed E-state index contributed by atoms with van der Waals surface area (Å²) in [6.45, 7) is 0. The summed E-state index contributed by atoms with van der Waals surface area (Å²) in [7, 11) is 0. The molecule has 0 spiro atoms. The van der Waals surface area contributed by atoms with Crippen LogP contribution in [0.3, 0.4) is 0 Å². The first-order chi connectivity index (χ1) is 40.7. The SMILES string of the molecule is N[C@H](Cc1ccc(O)cc1)C(=O)NC1Cc2c[nH]c3cc(ccc23)-c2cc3cc(c2O)Oc2ccc(cc2)C[C@H]2NC(=O)C(NC(=O)C3NC(=O)[C@@H](c3cc(O)cc(O)c3)NC1=O)c1ccc(c(Cl)c1)Oc1cc(ccc1O)C(C(=O)O)NC2=O. The molecular weight excluding hydrogens is 1120 g/mol. The molecule has 0 fully saturated rings. The Morgan fingerprint density at radius 3 is 1.94 bits per heavy atom. The van der Waals surface area contributed by atoms with Gasteiger partial charge in [0.15, 0.2) is 29.0 Å². The number of nitrogens with one attached hydrogen (secondary N) is 7. The van der Waals surface area contributed by atoms with E-state index in [0.29, 0.717) is 33.2 Å². The number of benzene rings is 7. The van der Waals surface area contributed by atoms with E-state index < -0.39 is 107 Å². The number of halogens is 1. The van der Waals surface area contributed by atoms with Gasteiger partial charge in [-0.2, -0.15) is 0 Å². The minimum atomic E-state index is -1.97. The van der Waals surface area contributed by atoms with Gasteiger partial charge in [0, 0.05) is 41.6 Å². The Labute approximate surface area is 486 Å². The van der Waals surface area contributed by atoms with Crippen LogP contribution in [0.2, 0.25) is 5.02 Å². The number of nitrogens with two attached hydrogens (primary N) is 1. The van der Waals surface area contributed by atoms with E-state index in [0.717, 1.165) is 24.3 Å². The lowest BCUT2D eigenvalue weighted by atomic mass is 9.94. The van der Waals surface area contributed by atoms with Crippen molar-refractivity contribution in [3.8, 4) is 62.9 Å². The van der Waals surface area contributed by atoms with Gasteiger partial charge < -0.3 is 82.7 Å². The van der Waals surface area contributed by atoms with E-state index >= 15 is 14.4 Å². The van der Waals surface area contributed by atoms with Gasteiger partial charge in [0.1, 0.15) is 59.0 Å². The number of carbonyl (C=O) groups is 7. The topological polar surface area (TPSA) is 373 Å². The van der Waals surface area contributed by atoms with Gasteiger partial charge in [-0.3, -0.25) is 28.8 Å². The van der Waals surface area contributed by atoms with Gasteiger partial charge in [0.2, 0.25) is 35.4 Å². The first kappa shape index (κ1) is 56.1. The molecule has 7 heterocycles. The van der Waals surface area contributed by atoms with E-state index in [1.807, 2.05) is 0 Å². The monoisotopic (exact) mass is 1170 g/mol. The molecule has 24 heteroatoms. The fourth-order valence-corrected chi connectivity index (χ4v) is 10.7. The average molecular weight is 1170 g/mol. The number of carboxylic acid groups (broad SMARTS) is 1. The minimum Gasteiger partial charge on any atom is -0.508 e. The molecule has 0 saturated carbocycles. The van der Waals surface area contributed by atoms with Crippen molar-refractivity contribution in [2.24, 2.45) is 5.73 Å². The third kappa shape index (κ3) is 11.8. The van der Waals surface area contributed by atoms with E-state index in [1.165, 1.54) is 66.7 Å². The highest BCUT2D eigenvalue weighted by Gasteiger charge is 2.38. The summed E-state index contributed by atoms with van der Waals surface area (Å²) >= 11 is 6.84. The number of ether oxygens (including phenoxy) is 2. The van der Waals surface area contributed by atoms with Crippen molar-refractivity contribution in [2.45, 2.75) is 61.6 Å². The molecule has 15 bridgehead atoms. The van der Waals surface area contributed by atoms with Crippen LogP contribution in [-0.2, 0) is 52.8 Å². The first-order valence-corrected chi connectivity index (χ1v) is 26.8. The van der Waals surface area contributed by atoms with Crippen molar-refractivity contribution in [3.05, 3.63) is 184 Å². The van der Waals surface area contributed by atoms with Crippen LogP contribution >= 0.6 is 11.6 Å². The number of aromatic hydroxyl groups is 5. The summed E-state index contributed by atoms with van der Waals surface area (Å²) in [4.78, 5) is 106. The summed E-state index contributed by atoms with van der Waals surface area (Å²) in [6, 6.07) is 18.6. The molecule has 0 radical (unpaired) electrons. The van der Waals surface area contributed by atoms with E-state index in [1.54, 1.807) is 48.7 Å². The number of carbonyl (C=O) groups excluding carboxylic acids is 6. The molecule has 0 saturated heterocycles. The molecule has 14 rings (SSSR count). The summed E-state index contributed by atoms with van der Waals surface area (Å²) in [6.07, 6.45) is 1.09. The Balaban J connectivity index is 1.07. The minimum absolute atomic E-state index is 0.0120. The second-order valence-electron chi connectivity index (χ2n) is 20.6. The number of hydrogen-bond donors (Lipinski definition) is 14. The number of phenolic OH excluding ortho intramolecular Hbond substituents is 5. The van der Waals surface area contributed by atoms with Gasteiger partial charge in [0.25, 0.3) is 0 Å². The highest BCUT2D eigenvalue weighted by atomic mass is 35.5. The molecule has 23 nitrogen and oxygen atoms in total. The Bertz CT molecular complexity index is 4020. The number of amides is 6. The lowest BCUT2D eigenvalue weighted by Gasteiger charge is -2.29. The fraction of sp³-hybridized carbons (Fsp3) is 0.164. The molecule has 0 aliphatic carbocycles. The van der Waals surface area contributed by atoms with Crippen molar-refractivity contribution in [2.75, 3.05) is 0 Å². The lowest BCUT2D eigenvalue weighted by molar-refractivity contribution is -0.142. The molecule has 432 valence electrons. The molecule has 4 unspecified atom stereocenters. The van der Waals surface area contributed by atoms with E-state index in [2.05, 4.69) is 36.9 Å². The molecule has 6 aliphatic heterocycles. The fourth-order valence-electron chi connectivity index (χ4n) is 10.4. The molecule has 15 N–H and O–H groups in total. The Hall–Kier alpha value is -10.8. The van der Waals surface area contributed by atoms with E-state index in [9.17, 15) is 49.8 Å². The quantitative estimate of drug-likeness (QED) is 0.0993. The maximum absolute atomic E-state index is 15.6. The maximum atomic E-state index is 15.6. The van der Waals surface area contributed by atoms with Gasteiger partial charge in [-0.05, 0) is 130 Å². The average Bonchev–Trinajstić information content (AvgIpc) is 3.71. The summed E-state index contributed by atoms with van der Waals surface area (Å²) in [5, 5.41) is 81.3. The molecule has 85 heavy (non-hydrogen) atoms. The van der Waals surface area contributed by atoms with Gasteiger partial charge >= 0.3 is 5.97 Å². The zero-order valence-corrected chi connectivity index (χ0v) is 45.0. The van der Waals surface area contributed by atoms with Crippen LogP contribution in [-0.4, -0.2) is 95.2 Å². The number of carboxylic acids is 1. The summed E-state index contributed by atoms with van der Waals surface area (Å²) < 4.78 is 12.3. The van der Waals surface area contributed by atoms with Gasteiger partial charge in [-0.15, -0.1) is 0 Å². The van der Waals surface area contributed by atoms with Crippen LogP contribution in [0.1, 0.15) is 63.1 Å². The molecule has 8 aromatic rings. The molecule has 6 amide bonds. The summed E-state index contributed by atoms with van der Waals surface area (Å²) in [5.41, 5.74) is 8.43. The Morgan fingerprint density at radius 2 is 1.25 bits per heavy atom. The van der Waals surface area contributed by atoms with Crippen molar-refractivity contribution < 1.29 is 73.7 Å². The predicted molar refractivity (Wildman–Crippen MR) is 304 cm³/mol. The largest absolute Gasteiger partial charge is 0.508 e. The number of aliphatic carboxylic acids is 1. The van der Waals surface area contributed by atoms with Crippen LogP contribution in [0, 0.1) is 0 Å². The molecule has 1 aromatic heterocycles. The van der Waals surface area contributed by atoms with Crippen LogP contribution in [0.15, 0.2) is 140 Å². The molecular formula is C61H51ClN8O15. The second-order valence-corrected chi connectivity index (χ2v) is 21.1. The number of aromatic amines is 1. The molecule has 7 aromatic carbocycles. The van der Waals surface area contributed by atoms with Gasteiger partial charge in [-0.25, -0.2) is 4.79 Å². The smallest absolute Gasteiger partial charge is 0.330 e. The van der Waals surface area contributed by atoms with Crippen LogP contribution < -0.4 is 47.1 Å². The number of rotatable bonds is 6. The van der Waals surface area contributed by atoms with Gasteiger partial charge in [0.05, 0.1) is 11.1 Å². The van der Waals surface area contributed by atoms with Crippen molar-refractivity contribution in [3.63, 3.8) is 0 Å².